The molecule has 312 valence electrons. The SMILES string of the molecule is Fc1ccc(F)c(Cn2c3c(c4cc(N(c5ccc(N(c6ccccc6)c6ccccc6)cc5)c5ccc6c(c5)c5ccccc5n6Cc5cc(F)ccc5F)ccc42)C=CCC3)c1. The van der Waals surface area contributed by atoms with Gasteiger partial charge in [-0.3, -0.25) is 0 Å². The summed E-state index contributed by atoms with van der Waals surface area (Å²) in [5.41, 5.74) is 11.2. The Hall–Kier alpha value is -7.84. The molecular formula is C56H40F4N4. The number of para-hydroxylation sites is 3. The van der Waals surface area contributed by atoms with Crippen LogP contribution in [0.2, 0.25) is 0 Å². The highest BCUT2D eigenvalue weighted by atomic mass is 19.1. The summed E-state index contributed by atoms with van der Waals surface area (Å²) < 4.78 is 63.2. The predicted octanol–water partition coefficient (Wildman–Crippen LogP) is 15.3. The second kappa shape index (κ2) is 16.1. The van der Waals surface area contributed by atoms with Crippen molar-refractivity contribution >= 4 is 72.9 Å². The van der Waals surface area contributed by atoms with Gasteiger partial charge < -0.3 is 18.9 Å². The van der Waals surface area contributed by atoms with E-state index in [2.05, 4.69) is 118 Å². The molecular weight excluding hydrogens is 805 g/mol. The molecule has 4 nitrogen and oxygen atoms in total. The molecule has 11 rings (SSSR count). The summed E-state index contributed by atoms with van der Waals surface area (Å²) in [4.78, 5) is 4.46. The zero-order chi connectivity index (χ0) is 43.3. The van der Waals surface area contributed by atoms with Crippen molar-refractivity contribution in [2.24, 2.45) is 0 Å². The molecule has 0 aliphatic heterocycles. The fraction of sp³-hybridized carbons (Fsp3) is 0.0714. The van der Waals surface area contributed by atoms with Gasteiger partial charge in [0, 0.05) is 89.2 Å². The lowest BCUT2D eigenvalue weighted by atomic mass is 10.0. The Bertz CT molecular complexity index is 3350. The number of fused-ring (bicyclic) bond motifs is 6. The van der Waals surface area contributed by atoms with Gasteiger partial charge in [-0.15, -0.1) is 0 Å². The van der Waals surface area contributed by atoms with Gasteiger partial charge in [0.2, 0.25) is 0 Å². The molecule has 0 radical (unpaired) electrons. The monoisotopic (exact) mass is 844 g/mol. The van der Waals surface area contributed by atoms with Crippen molar-refractivity contribution in [3.63, 3.8) is 0 Å². The normalized spacial score (nSPS) is 12.3. The number of aromatic nitrogens is 2. The van der Waals surface area contributed by atoms with Crippen molar-refractivity contribution in [2.45, 2.75) is 25.9 Å². The molecule has 1 aliphatic rings. The first-order valence-corrected chi connectivity index (χ1v) is 21.4. The number of halogens is 4. The van der Waals surface area contributed by atoms with Crippen LogP contribution in [0.25, 0.3) is 38.8 Å². The van der Waals surface area contributed by atoms with Gasteiger partial charge in [0.15, 0.2) is 0 Å². The van der Waals surface area contributed by atoms with Crippen molar-refractivity contribution in [1.82, 2.24) is 9.13 Å². The quantitative estimate of drug-likeness (QED) is 0.128. The lowest BCUT2D eigenvalue weighted by molar-refractivity contribution is 0.576. The fourth-order valence-electron chi connectivity index (χ4n) is 9.44. The van der Waals surface area contributed by atoms with Crippen LogP contribution in [0.3, 0.4) is 0 Å². The summed E-state index contributed by atoms with van der Waals surface area (Å²) in [5, 5.41) is 2.97. The number of nitrogens with zero attached hydrogens (tertiary/aromatic N) is 4. The molecule has 0 unspecified atom stereocenters. The lowest BCUT2D eigenvalue weighted by Gasteiger charge is -2.28. The number of hydrogen-bond acceptors (Lipinski definition) is 2. The van der Waals surface area contributed by atoms with Crippen molar-refractivity contribution in [3.05, 3.63) is 234 Å². The van der Waals surface area contributed by atoms with Gasteiger partial charge in [0.25, 0.3) is 0 Å². The molecule has 10 aromatic rings. The van der Waals surface area contributed by atoms with E-state index in [0.29, 0.717) is 5.56 Å². The Morgan fingerprint density at radius 3 is 1.48 bits per heavy atom. The minimum atomic E-state index is -0.484. The van der Waals surface area contributed by atoms with E-state index in [1.54, 1.807) is 0 Å². The summed E-state index contributed by atoms with van der Waals surface area (Å²) >= 11 is 0. The maximum absolute atomic E-state index is 15.1. The molecule has 0 spiro atoms. The molecule has 8 aromatic carbocycles. The molecule has 0 fully saturated rings. The van der Waals surface area contributed by atoms with Crippen LogP contribution in [0, 0.1) is 23.3 Å². The largest absolute Gasteiger partial charge is 0.339 e. The third-order valence-electron chi connectivity index (χ3n) is 12.4. The summed E-state index contributed by atoms with van der Waals surface area (Å²) in [5.74, 6) is -1.85. The summed E-state index contributed by atoms with van der Waals surface area (Å²) in [6.07, 6.45) is 5.94. The Balaban J connectivity index is 1.08. The van der Waals surface area contributed by atoms with Crippen molar-refractivity contribution in [2.75, 3.05) is 9.80 Å². The zero-order valence-electron chi connectivity index (χ0n) is 34.6. The first-order valence-electron chi connectivity index (χ1n) is 21.4. The molecule has 0 N–H and O–H groups in total. The minimum Gasteiger partial charge on any atom is -0.339 e. The molecule has 0 bridgehead atoms. The van der Waals surface area contributed by atoms with Crippen LogP contribution >= 0.6 is 0 Å². The minimum absolute atomic E-state index is 0.156. The van der Waals surface area contributed by atoms with Crippen LogP contribution < -0.4 is 9.80 Å². The molecule has 2 heterocycles. The topological polar surface area (TPSA) is 16.3 Å². The second-order valence-corrected chi connectivity index (χ2v) is 16.2. The van der Waals surface area contributed by atoms with E-state index in [4.69, 9.17) is 0 Å². The van der Waals surface area contributed by atoms with Crippen molar-refractivity contribution < 1.29 is 17.6 Å². The Morgan fingerprint density at radius 2 is 0.875 bits per heavy atom. The average Bonchev–Trinajstić information content (AvgIpc) is 3.81. The lowest BCUT2D eigenvalue weighted by Crippen LogP contribution is -2.12. The molecule has 0 atom stereocenters. The van der Waals surface area contributed by atoms with E-state index in [1.807, 2.05) is 59.2 Å². The van der Waals surface area contributed by atoms with E-state index in [9.17, 15) is 8.78 Å². The van der Waals surface area contributed by atoms with E-state index < -0.39 is 23.3 Å². The number of anilines is 6. The highest BCUT2D eigenvalue weighted by molar-refractivity contribution is 6.10. The highest BCUT2D eigenvalue weighted by Gasteiger charge is 2.23. The molecule has 8 heteroatoms. The smallest absolute Gasteiger partial charge is 0.128 e. The third-order valence-corrected chi connectivity index (χ3v) is 12.4. The number of benzene rings is 8. The number of allylic oxidation sites excluding steroid dienone is 1. The van der Waals surface area contributed by atoms with E-state index in [-0.39, 0.29) is 18.7 Å². The molecule has 1 aliphatic carbocycles. The Kier molecular flexibility index (Phi) is 9.84. The zero-order valence-corrected chi connectivity index (χ0v) is 34.6. The van der Waals surface area contributed by atoms with Crippen LogP contribution in [-0.4, -0.2) is 9.13 Å². The van der Waals surface area contributed by atoms with Crippen molar-refractivity contribution in [3.8, 4) is 0 Å². The van der Waals surface area contributed by atoms with E-state index in [0.717, 1.165) is 103 Å². The first-order chi connectivity index (χ1) is 31.4. The van der Waals surface area contributed by atoms with Gasteiger partial charge in [-0.25, -0.2) is 17.6 Å². The van der Waals surface area contributed by atoms with Crippen LogP contribution in [0.15, 0.2) is 188 Å². The van der Waals surface area contributed by atoms with Crippen LogP contribution in [0.5, 0.6) is 0 Å². The maximum atomic E-state index is 15.1. The van der Waals surface area contributed by atoms with Gasteiger partial charge in [-0.2, -0.15) is 0 Å². The molecule has 64 heavy (non-hydrogen) atoms. The van der Waals surface area contributed by atoms with Gasteiger partial charge in [-0.05, 0) is 140 Å². The maximum Gasteiger partial charge on any atom is 0.128 e. The molecule has 2 aromatic heterocycles. The summed E-state index contributed by atoms with van der Waals surface area (Å²) in [6, 6.07) is 57.0. The summed E-state index contributed by atoms with van der Waals surface area (Å²) in [7, 11) is 0. The van der Waals surface area contributed by atoms with Gasteiger partial charge in [0.1, 0.15) is 23.3 Å². The van der Waals surface area contributed by atoms with Crippen molar-refractivity contribution in [1.29, 1.82) is 0 Å². The second-order valence-electron chi connectivity index (χ2n) is 16.2. The Labute approximate surface area is 367 Å². The molecule has 0 saturated carbocycles. The van der Waals surface area contributed by atoms with Gasteiger partial charge in [-0.1, -0.05) is 66.7 Å². The molecule has 0 amide bonds. The highest BCUT2D eigenvalue weighted by Crippen LogP contribution is 2.43. The van der Waals surface area contributed by atoms with E-state index in [1.165, 1.54) is 24.3 Å². The van der Waals surface area contributed by atoms with Crippen LogP contribution in [0.4, 0.5) is 51.7 Å². The number of rotatable bonds is 10. The number of hydrogen-bond donors (Lipinski definition) is 0. The third kappa shape index (κ3) is 6.97. The van der Waals surface area contributed by atoms with E-state index >= 15 is 8.78 Å². The standard InChI is InChI=1S/C56H40F4N4/c57-39-19-27-51(59)37(31-39)35-61-53-17-9-7-15-47(53)49-33-45(25-29-55(49)61)64(44-23-21-43(22-24-44)63(41-11-3-1-4-12-41)42-13-5-2-6-14-42)46-26-30-56-50(34-46)48-16-8-10-18-54(48)62(56)36-38-32-40(58)20-28-52(38)60/h1-9,11-17,19-34H,10,18,35-36H2. The van der Waals surface area contributed by atoms with Crippen LogP contribution in [0.1, 0.15) is 28.8 Å². The predicted molar refractivity (Wildman–Crippen MR) is 253 cm³/mol. The molecule has 0 saturated heterocycles. The fourth-order valence-corrected chi connectivity index (χ4v) is 9.44. The average molecular weight is 845 g/mol. The van der Waals surface area contributed by atoms with Gasteiger partial charge in [0.05, 0.1) is 13.1 Å². The van der Waals surface area contributed by atoms with Crippen LogP contribution in [-0.2, 0) is 19.5 Å². The Morgan fingerprint density at radius 1 is 0.406 bits per heavy atom. The first kappa shape index (κ1) is 39.0. The summed E-state index contributed by atoms with van der Waals surface area (Å²) in [6.45, 7) is 0.358. The van der Waals surface area contributed by atoms with Gasteiger partial charge >= 0.3 is 0 Å².